The lowest BCUT2D eigenvalue weighted by Gasteiger charge is -2.14. The van der Waals surface area contributed by atoms with Gasteiger partial charge in [-0.2, -0.15) is 0 Å². The number of nitrogens with one attached hydrogen (secondary N) is 2. The molecule has 0 aromatic heterocycles. The number of benzene rings is 1. The largest absolute Gasteiger partial charge is 0.352 e. The molecule has 108 valence electrons. The molecule has 0 aliphatic heterocycles. The van der Waals surface area contributed by atoms with Gasteiger partial charge in [-0.05, 0) is 41.3 Å². The Morgan fingerprint density at radius 1 is 1.55 bits per heavy atom. The molecule has 1 saturated carbocycles. The highest BCUT2D eigenvalue weighted by molar-refractivity contribution is 9.10. The molecule has 0 bridgehead atoms. The van der Waals surface area contributed by atoms with Gasteiger partial charge in [-0.1, -0.05) is 12.1 Å². The highest BCUT2D eigenvalue weighted by Gasteiger charge is 2.25. The van der Waals surface area contributed by atoms with Gasteiger partial charge in [-0.15, -0.1) is 0 Å². The van der Waals surface area contributed by atoms with E-state index in [2.05, 4.69) is 26.6 Å². The van der Waals surface area contributed by atoms with Gasteiger partial charge in [0.1, 0.15) is 0 Å². The lowest BCUT2D eigenvalue weighted by atomic mass is 10.2. The van der Waals surface area contributed by atoms with E-state index in [1.165, 1.54) is 6.07 Å². The van der Waals surface area contributed by atoms with Crippen molar-refractivity contribution in [2.24, 2.45) is 0 Å². The quantitative estimate of drug-likeness (QED) is 0.613. The SMILES string of the molecule is CC(NCc1cccc([N+](=O)[O-])c1Br)C(=O)NC1CC1. The number of carbonyl (C=O) groups is 1. The number of hydrogen-bond acceptors (Lipinski definition) is 4. The highest BCUT2D eigenvalue weighted by atomic mass is 79.9. The van der Waals surface area contributed by atoms with E-state index in [4.69, 9.17) is 0 Å². The van der Waals surface area contributed by atoms with Crippen molar-refractivity contribution in [3.63, 3.8) is 0 Å². The molecule has 2 N–H and O–H groups in total. The molecule has 6 nitrogen and oxygen atoms in total. The molecule has 0 heterocycles. The van der Waals surface area contributed by atoms with Gasteiger partial charge in [0.2, 0.25) is 5.91 Å². The summed E-state index contributed by atoms with van der Waals surface area (Å²) in [5, 5.41) is 16.8. The average molecular weight is 342 g/mol. The van der Waals surface area contributed by atoms with Gasteiger partial charge in [0.05, 0.1) is 15.4 Å². The van der Waals surface area contributed by atoms with Crippen LogP contribution in [0.5, 0.6) is 0 Å². The highest BCUT2D eigenvalue weighted by Crippen LogP contribution is 2.28. The zero-order valence-corrected chi connectivity index (χ0v) is 12.6. The van der Waals surface area contributed by atoms with Gasteiger partial charge in [0, 0.05) is 18.7 Å². The first-order valence-electron chi connectivity index (χ1n) is 6.44. The molecule has 1 fully saturated rings. The topological polar surface area (TPSA) is 84.3 Å². The van der Waals surface area contributed by atoms with Gasteiger partial charge < -0.3 is 10.6 Å². The first kappa shape index (κ1) is 14.9. The van der Waals surface area contributed by atoms with E-state index in [0.717, 1.165) is 18.4 Å². The van der Waals surface area contributed by atoms with Crippen molar-refractivity contribution in [1.29, 1.82) is 0 Å². The normalized spacial score (nSPS) is 15.7. The molecule has 2 rings (SSSR count). The summed E-state index contributed by atoms with van der Waals surface area (Å²) in [7, 11) is 0. The summed E-state index contributed by atoms with van der Waals surface area (Å²) >= 11 is 3.24. The van der Waals surface area contributed by atoms with Crippen molar-refractivity contribution >= 4 is 27.5 Å². The zero-order valence-electron chi connectivity index (χ0n) is 11.1. The Kier molecular flexibility index (Phi) is 4.72. The number of hydrogen-bond donors (Lipinski definition) is 2. The van der Waals surface area contributed by atoms with E-state index < -0.39 is 4.92 Å². The number of nitro groups is 1. The maximum Gasteiger partial charge on any atom is 0.283 e. The number of nitro benzene ring substituents is 1. The third-order valence-electron chi connectivity index (χ3n) is 3.17. The Balaban J connectivity index is 1.94. The van der Waals surface area contributed by atoms with Crippen molar-refractivity contribution in [3.8, 4) is 0 Å². The van der Waals surface area contributed by atoms with Crippen LogP contribution in [0.25, 0.3) is 0 Å². The molecule has 1 aliphatic rings. The molecule has 1 aliphatic carbocycles. The van der Waals surface area contributed by atoms with Crippen molar-refractivity contribution in [3.05, 3.63) is 38.3 Å². The van der Waals surface area contributed by atoms with Gasteiger partial charge in [0.25, 0.3) is 5.69 Å². The van der Waals surface area contributed by atoms with Crippen molar-refractivity contribution in [2.45, 2.75) is 38.4 Å². The summed E-state index contributed by atoms with van der Waals surface area (Å²) in [6, 6.07) is 4.86. The first-order chi connectivity index (χ1) is 9.49. The van der Waals surface area contributed by atoms with Crippen molar-refractivity contribution in [2.75, 3.05) is 0 Å². The Bertz CT molecular complexity index is 532. The van der Waals surface area contributed by atoms with Crippen LogP contribution in [0.3, 0.4) is 0 Å². The van der Waals surface area contributed by atoms with Crippen LogP contribution in [0, 0.1) is 10.1 Å². The van der Waals surface area contributed by atoms with Crippen LogP contribution in [-0.4, -0.2) is 22.9 Å². The second kappa shape index (κ2) is 6.32. The molecule has 1 amide bonds. The van der Waals surface area contributed by atoms with E-state index in [9.17, 15) is 14.9 Å². The molecule has 1 unspecified atom stereocenters. The summed E-state index contributed by atoms with van der Waals surface area (Å²) in [4.78, 5) is 22.2. The smallest absolute Gasteiger partial charge is 0.283 e. The predicted octanol–water partition coefficient (Wildman–Crippen LogP) is 2.11. The van der Waals surface area contributed by atoms with Gasteiger partial charge in [-0.3, -0.25) is 14.9 Å². The fourth-order valence-electron chi connectivity index (χ4n) is 1.75. The van der Waals surface area contributed by atoms with Gasteiger partial charge in [-0.25, -0.2) is 0 Å². The van der Waals surface area contributed by atoms with Crippen molar-refractivity contribution < 1.29 is 9.72 Å². The summed E-state index contributed by atoms with van der Waals surface area (Å²) in [6.07, 6.45) is 2.10. The molecule has 7 heteroatoms. The van der Waals surface area contributed by atoms with E-state index >= 15 is 0 Å². The van der Waals surface area contributed by atoms with Crippen LogP contribution in [0.1, 0.15) is 25.3 Å². The maximum absolute atomic E-state index is 11.8. The Hall–Kier alpha value is -1.47. The van der Waals surface area contributed by atoms with Crippen LogP contribution in [0.15, 0.2) is 22.7 Å². The number of carbonyl (C=O) groups excluding carboxylic acids is 1. The zero-order chi connectivity index (χ0) is 14.7. The minimum absolute atomic E-state index is 0.0272. The lowest BCUT2D eigenvalue weighted by Crippen LogP contribution is -2.42. The molecule has 1 aromatic rings. The monoisotopic (exact) mass is 341 g/mol. The number of rotatable bonds is 6. The summed E-state index contributed by atoms with van der Waals surface area (Å²) in [5.41, 5.74) is 0.782. The average Bonchev–Trinajstić information content (AvgIpc) is 3.20. The predicted molar refractivity (Wildman–Crippen MR) is 78.3 cm³/mol. The van der Waals surface area contributed by atoms with Crippen LogP contribution >= 0.6 is 15.9 Å². The number of halogens is 1. The van der Waals surface area contributed by atoms with Crippen LogP contribution < -0.4 is 10.6 Å². The summed E-state index contributed by atoms with van der Waals surface area (Å²) in [6.45, 7) is 2.17. The first-order valence-corrected chi connectivity index (χ1v) is 7.24. The minimum atomic E-state index is -0.434. The molecule has 0 radical (unpaired) electrons. The third kappa shape index (κ3) is 3.77. The van der Waals surface area contributed by atoms with Crippen molar-refractivity contribution in [1.82, 2.24) is 10.6 Å². The van der Waals surface area contributed by atoms with Gasteiger partial charge in [0.15, 0.2) is 0 Å². The summed E-state index contributed by atoms with van der Waals surface area (Å²) < 4.78 is 0.451. The number of nitrogens with zero attached hydrogens (tertiary/aromatic N) is 1. The lowest BCUT2D eigenvalue weighted by molar-refractivity contribution is -0.385. The molecule has 0 spiro atoms. The van der Waals surface area contributed by atoms with Crippen LogP contribution in [0.4, 0.5) is 5.69 Å². The molecule has 1 atom stereocenters. The fourth-order valence-corrected chi connectivity index (χ4v) is 2.30. The van der Waals surface area contributed by atoms with E-state index in [-0.39, 0.29) is 17.6 Å². The van der Waals surface area contributed by atoms with Crippen LogP contribution in [-0.2, 0) is 11.3 Å². The van der Waals surface area contributed by atoms with E-state index in [1.54, 1.807) is 19.1 Å². The van der Waals surface area contributed by atoms with Crippen LogP contribution in [0.2, 0.25) is 0 Å². The van der Waals surface area contributed by atoms with E-state index in [1.807, 2.05) is 0 Å². The third-order valence-corrected chi connectivity index (χ3v) is 4.09. The molecular weight excluding hydrogens is 326 g/mol. The Morgan fingerprint density at radius 3 is 2.85 bits per heavy atom. The fraction of sp³-hybridized carbons (Fsp3) is 0.462. The van der Waals surface area contributed by atoms with E-state index in [0.29, 0.717) is 17.1 Å². The second-order valence-electron chi connectivity index (χ2n) is 4.89. The number of amides is 1. The molecule has 0 saturated heterocycles. The minimum Gasteiger partial charge on any atom is -0.352 e. The Morgan fingerprint density at radius 2 is 2.25 bits per heavy atom. The summed E-state index contributed by atoms with van der Waals surface area (Å²) in [5.74, 6) is -0.0333. The maximum atomic E-state index is 11.8. The molecular formula is C13H16BrN3O3. The second-order valence-corrected chi connectivity index (χ2v) is 5.69. The van der Waals surface area contributed by atoms with Gasteiger partial charge >= 0.3 is 0 Å². The Labute approximate surface area is 125 Å². The molecule has 20 heavy (non-hydrogen) atoms. The standard InChI is InChI=1S/C13H16BrN3O3/c1-8(13(18)16-10-5-6-10)15-7-9-3-2-4-11(12(9)14)17(19)20/h2-4,8,10,15H,5-7H2,1H3,(H,16,18). The molecule has 1 aromatic carbocycles.